The Balaban J connectivity index is 1.74. The molecule has 0 atom stereocenters. The molecule has 0 unspecified atom stereocenters. The summed E-state index contributed by atoms with van der Waals surface area (Å²) in [5.41, 5.74) is 0.135. The molecule has 0 spiro atoms. The number of halogens is 4. The molecule has 34 heavy (non-hydrogen) atoms. The second kappa shape index (κ2) is 9.02. The molecule has 4 rings (SSSR count). The van der Waals surface area contributed by atoms with E-state index in [1.165, 1.54) is 13.2 Å². The van der Waals surface area contributed by atoms with Crippen LogP contribution in [-0.4, -0.2) is 25.7 Å². The Morgan fingerprint density at radius 1 is 1.12 bits per heavy atom. The predicted octanol–water partition coefficient (Wildman–Crippen LogP) is 5.65. The van der Waals surface area contributed by atoms with Crippen LogP contribution in [0.15, 0.2) is 61.3 Å². The Bertz CT molecular complexity index is 1400. The van der Waals surface area contributed by atoms with Crippen molar-refractivity contribution in [1.82, 2.24) is 19.7 Å². The van der Waals surface area contributed by atoms with Crippen LogP contribution < -0.4 is 16.0 Å². The van der Waals surface area contributed by atoms with Crippen LogP contribution in [0.5, 0.6) is 0 Å². The monoisotopic (exact) mass is 487 g/mol. The number of nitrogens with one attached hydrogen (secondary N) is 3. The fourth-order valence-electron chi connectivity index (χ4n) is 3.17. The van der Waals surface area contributed by atoms with Crippen molar-refractivity contribution in [2.45, 2.75) is 6.18 Å². The standard InChI is InChI=1S/C22H17ClF3N7O/c1-3-18(34)27-13-5-4-6-14(10-13)28-20-15-9-12(23)7-8-16(15)29-21(31-20)30-17-11-33(2)32-19(17)22(24,25)26/h3-11H,1H2,2H3,(H,27,34)(H2,28,29,30,31). The van der Waals surface area contributed by atoms with Gasteiger partial charge in [0.25, 0.3) is 0 Å². The first-order valence-electron chi connectivity index (χ1n) is 9.78. The molecule has 0 aliphatic heterocycles. The zero-order valence-electron chi connectivity index (χ0n) is 17.6. The van der Waals surface area contributed by atoms with Gasteiger partial charge in [-0.2, -0.15) is 23.3 Å². The molecule has 0 saturated heterocycles. The highest BCUT2D eigenvalue weighted by molar-refractivity contribution is 6.31. The summed E-state index contributed by atoms with van der Waals surface area (Å²) in [5, 5.41) is 12.8. The van der Waals surface area contributed by atoms with Gasteiger partial charge >= 0.3 is 6.18 Å². The van der Waals surface area contributed by atoms with Crippen molar-refractivity contribution >= 4 is 57.2 Å². The molecule has 12 heteroatoms. The Morgan fingerprint density at radius 2 is 1.88 bits per heavy atom. The number of aryl methyl sites for hydroxylation is 1. The molecule has 2 aromatic carbocycles. The summed E-state index contributed by atoms with van der Waals surface area (Å²) in [6.07, 6.45) is -2.33. The summed E-state index contributed by atoms with van der Waals surface area (Å²) < 4.78 is 41.1. The summed E-state index contributed by atoms with van der Waals surface area (Å²) in [7, 11) is 1.38. The van der Waals surface area contributed by atoms with Gasteiger partial charge in [-0.05, 0) is 42.5 Å². The van der Waals surface area contributed by atoms with E-state index >= 15 is 0 Å². The van der Waals surface area contributed by atoms with Gasteiger partial charge in [-0.25, -0.2) is 4.98 Å². The van der Waals surface area contributed by atoms with Crippen LogP contribution in [0.4, 0.5) is 42.0 Å². The summed E-state index contributed by atoms with van der Waals surface area (Å²) in [4.78, 5) is 20.3. The molecule has 0 aliphatic carbocycles. The predicted molar refractivity (Wildman–Crippen MR) is 125 cm³/mol. The van der Waals surface area contributed by atoms with E-state index in [1.807, 2.05) is 0 Å². The van der Waals surface area contributed by atoms with Crippen LogP contribution >= 0.6 is 11.6 Å². The van der Waals surface area contributed by atoms with E-state index in [9.17, 15) is 18.0 Å². The Morgan fingerprint density at radius 3 is 2.62 bits per heavy atom. The lowest BCUT2D eigenvalue weighted by Crippen LogP contribution is -2.10. The number of amides is 1. The summed E-state index contributed by atoms with van der Waals surface area (Å²) in [6.45, 7) is 3.42. The van der Waals surface area contributed by atoms with E-state index in [4.69, 9.17) is 11.6 Å². The number of hydrogen-bond acceptors (Lipinski definition) is 6. The van der Waals surface area contributed by atoms with Crippen molar-refractivity contribution in [1.29, 1.82) is 0 Å². The summed E-state index contributed by atoms with van der Waals surface area (Å²) in [6, 6.07) is 11.7. The number of anilines is 5. The van der Waals surface area contributed by atoms with E-state index in [2.05, 4.69) is 37.6 Å². The molecular weight excluding hydrogens is 471 g/mol. The van der Waals surface area contributed by atoms with Crippen molar-refractivity contribution < 1.29 is 18.0 Å². The normalized spacial score (nSPS) is 11.3. The summed E-state index contributed by atoms with van der Waals surface area (Å²) >= 11 is 6.14. The lowest BCUT2D eigenvalue weighted by molar-refractivity contribution is -0.140. The first-order chi connectivity index (χ1) is 16.1. The second-order valence-electron chi connectivity index (χ2n) is 7.14. The molecule has 0 fully saturated rings. The number of carbonyl (C=O) groups is 1. The van der Waals surface area contributed by atoms with Gasteiger partial charge in [0.1, 0.15) is 5.82 Å². The minimum Gasteiger partial charge on any atom is -0.339 e. The highest BCUT2D eigenvalue weighted by Gasteiger charge is 2.37. The number of nitrogens with zero attached hydrogens (tertiary/aromatic N) is 4. The Kier molecular flexibility index (Phi) is 6.12. The van der Waals surface area contributed by atoms with E-state index in [1.54, 1.807) is 42.5 Å². The average Bonchev–Trinajstić information content (AvgIpc) is 3.15. The van der Waals surface area contributed by atoms with Crippen molar-refractivity contribution in [3.8, 4) is 0 Å². The van der Waals surface area contributed by atoms with Crippen molar-refractivity contribution in [3.63, 3.8) is 0 Å². The Hall–Kier alpha value is -4.12. The number of rotatable bonds is 6. The summed E-state index contributed by atoms with van der Waals surface area (Å²) in [5.74, 6) is -0.161. The molecule has 0 saturated carbocycles. The minimum absolute atomic E-state index is 0.0769. The first-order valence-corrected chi connectivity index (χ1v) is 10.2. The third kappa shape index (κ3) is 5.09. The molecule has 0 bridgehead atoms. The topological polar surface area (TPSA) is 96.8 Å². The SMILES string of the molecule is C=CC(=O)Nc1cccc(Nc2nc(Nc3cn(C)nc3C(F)(F)F)nc3ccc(Cl)cc23)c1. The highest BCUT2D eigenvalue weighted by atomic mass is 35.5. The van der Waals surface area contributed by atoms with Crippen LogP contribution in [-0.2, 0) is 18.0 Å². The van der Waals surface area contributed by atoms with Crippen LogP contribution in [0.2, 0.25) is 5.02 Å². The molecule has 174 valence electrons. The fourth-order valence-corrected chi connectivity index (χ4v) is 3.34. The van der Waals surface area contributed by atoms with Gasteiger partial charge in [0.05, 0.1) is 11.2 Å². The quantitative estimate of drug-likeness (QED) is 0.304. The van der Waals surface area contributed by atoms with E-state index in [0.717, 1.165) is 10.8 Å². The third-order valence-corrected chi connectivity index (χ3v) is 4.81. The molecule has 3 N–H and O–H groups in total. The molecule has 4 aromatic rings. The largest absolute Gasteiger partial charge is 0.437 e. The maximum atomic E-state index is 13.4. The molecule has 1 amide bonds. The van der Waals surface area contributed by atoms with Crippen molar-refractivity contribution in [2.75, 3.05) is 16.0 Å². The van der Waals surface area contributed by atoms with Crippen LogP contribution in [0.1, 0.15) is 5.69 Å². The number of aromatic nitrogens is 4. The zero-order valence-corrected chi connectivity index (χ0v) is 18.4. The van der Waals surface area contributed by atoms with Crippen LogP contribution in [0, 0.1) is 0 Å². The van der Waals surface area contributed by atoms with Crippen LogP contribution in [0.3, 0.4) is 0 Å². The van der Waals surface area contributed by atoms with Gasteiger partial charge < -0.3 is 16.0 Å². The molecule has 8 nitrogen and oxygen atoms in total. The maximum absolute atomic E-state index is 13.4. The molecule has 2 aromatic heterocycles. The molecule has 0 aliphatic rings. The third-order valence-electron chi connectivity index (χ3n) is 4.58. The zero-order chi connectivity index (χ0) is 24.5. The van der Waals surface area contributed by atoms with E-state index in [0.29, 0.717) is 33.1 Å². The molecule has 0 radical (unpaired) electrons. The first kappa shape index (κ1) is 23.1. The second-order valence-corrected chi connectivity index (χ2v) is 7.58. The van der Waals surface area contributed by atoms with Crippen molar-refractivity contribution in [3.05, 3.63) is 72.0 Å². The number of hydrogen-bond donors (Lipinski definition) is 3. The fraction of sp³-hybridized carbons (Fsp3) is 0.0909. The van der Waals surface area contributed by atoms with E-state index < -0.39 is 11.9 Å². The number of fused-ring (bicyclic) bond motifs is 1. The number of benzene rings is 2. The molecular formula is C22H17ClF3N7O. The number of alkyl halides is 3. The molecule has 2 heterocycles. The highest BCUT2D eigenvalue weighted by Crippen LogP contribution is 2.35. The lowest BCUT2D eigenvalue weighted by Gasteiger charge is -2.13. The lowest BCUT2D eigenvalue weighted by atomic mass is 10.2. The Labute approximate surface area is 196 Å². The van der Waals surface area contributed by atoms with Gasteiger partial charge in [0, 0.05) is 35.0 Å². The van der Waals surface area contributed by atoms with Crippen LogP contribution in [0.25, 0.3) is 10.9 Å². The van der Waals surface area contributed by atoms with Crippen molar-refractivity contribution in [2.24, 2.45) is 7.05 Å². The van der Waals surface area contributed by atoms with Gasteiger partial charge in [0.15, 0.2) is 5.69 Å². The number of carbonyl (C=O) groups excluding carboxylic acids is 1. The van der Waals surface area contributed by atoms with Gasteiger partial charge in [-0.15, -0.1) is 0 Å². The minimum atomic E-state index is -4.66. The van der Waals surface area contributed by atoms with Gasteiger partial charge in [0.2, 0.25) is 11.9 Å². The maximum Gasteiger partial charge on any atom is 0.437 e. The smallest absolute Gasteiger partial charge is 0.339 e. The van der Waals surface area contributed by atoms with Gasteiger partial charge in [-0.1, -0.05) is 24.2 Å². The van der Waals surface area contributed by atoms with Gasteiger partial charge in [-0.3, -0.25) is 9.48 Å². The van der Waals surface area contributed by atoms with E-state index in [-0.39, 0.29) is 17.5 Å². The average molecular weight is 488 g/mol.